The SMILES string of the molecule is CCCNCC=CC1CCCOC1. The predicted octanol–water partition coefficient (Wildman–Crippen LogP) is 1.97. The van der Waals surface area contributed by atoms with Crippen LogP contribution in [-0.2, 0) is 4.74 Å². The predicted molar refractivity (Wildman–Crippen MR) is 55.8 cm³/mol. The summed E-state index contributed by atoms with van der Waals surface area (Å²) in [6.45, 7) is 6.18. The number of ether oxygens (including phenoxy) is 1. The fourth-order valence-electron chi connectivity index (χ4n) is 1.54. The van der Waals surface area contributed by atoms with Crippen molar-refractivity contribution in [2.45, 2.75) is 26.2 Å². The molecule has 1 unspecified atom stereocenters. The maximum Gasteiger partial charge on any atom is 0.0528 e. The van der Waals surface area contributed by atoms with E-state index in [0.29, 0.717) is 5.92 Å². The van der Waals surface area contributed by atoms with E-state index < -0.39 is 0 Å². The summed E-state index contributed by atoms with van der Waals surface area (Å²) in [6, 6.07) is 0. The van der Waals surface area contributed by atoms with Gasteiger partial charge in [-0.2, -0.15) is 0 Å². The van der Waals surface area contributed by atoms with Gasteiger partial charge in [0.2, 0.25) is 0 Å². The van der Waals surface area contributed by atoms with Gasteiger partial charge in [0.05, 0.1) is 6.61 Å². The molecule has 0 amide bonds. The van der Waals surface area contributed by atoms with Crippen LogP contribution in [0.2, 0.25) is 0 Å². The normalized spacial score (nSPS) is 23.9. The number of rotatable bonds is 5. The third-order valence-electron chi connectivity index (χ3n) is 2.29. The van der Waals surface area contributed by atoms with Crippen LogP contribution in [0.15, 0.2) is 12.2 Å². The number of hydrogen-bond donors (Lipinski definition) is 1. The lowest BCUT2D eigenvalue weighted by Crippen LogP contribution is -2.17. The van der Waals surface area contributed by atoms with Crippen LogP contribution in [0.5, 0.6) is 0 Å². The topological polar surface area (TPSA) is 21.3 Å². The standard InChI is InChI=1S/C11H21NO/c1-2-7-12-8-3-5-11-6-4-9-13-10-11/h3,5,11-12H,2,4,6-10H2,1H3. The van der Waals surface area contributed by atoms with Crippen LogP contribution in [0.4, 0.5) is 0 Å². The van der Waals surface area contributed by atoms with Gasteiger partial charge in [0.25, 0.3) is 0 Å². The Morgan fingerprint density at radius 1 is 1.54 bits per heavy atom. The van der Waals surface area contributed by atoms with Gasteiger partial charge < -0.3 is 10.1 Å². The summed E-state index contributed by atoms with van der Waals surface area (Å²) in [5.74, 6) is 0.664. The zero-order chi connectivity index (χ0) is 9.36. The first-order valence-electron chi connectivity index (χ1n) is 5.38. The fraction of sp³-hybridized carbons (Fsp3) is 0.818. The Balaban J connectivity index is 2.01. The molecule has 0 aromatic carbocycles. The zero-order valence-corrected chi connectivity index (χ0v) is 8.59. The molecule has 1 rings (SSSR count). The third kappa shape index (κ3) is 5.06. The summed E-state index contributed by atoms with van der Waals surface area (Å²) in [7, 11) is 0. The molecule has 1 aliphatic rings. The highest BCUT2D eigenvalue weighted by atomic mass is 16.5. The molecular formula is C11H21NO. The van der Waals surface area contributed by atoms with Crippen LogP contribution in [0.1, 0.15) is 26.2 Å². The molecule has 1 saturated heterocycles. The van der Waals surface area contributed by atoms with E-state index in [1.807, 2.05) is 0 Å². The second kappa shape index (κ2) is 7.10. The van der Waals surface area contributed by atoms with Crippen LogP contribution in [0.3, 0.4) is 0 Å². The lowest BCUT2D eigenvalue weighted by molar-refractivity contribution is 0.0709. The van der Waals surface area contributed by atoms with Gasteiger partial charge in [0, 0.05) is 19.1 Å². The van der Waals surface area contributed by atoms with Gasteiger partial charge in [-0.05, 0) is 25.8 Å². The molecular weight excluding hydrogens is 162 g/mol. The minimum atomic E-state index is 0.664. The first-order valence-corrected chi connectivity index (χ1v) is 5.38. The highest BCUT2D eigenvalue weighted by Gasteiger charge is 2.09. The molecule has 2 nitrogen and oxygen atoms in total. The largest absolute Gasteiger partial charge is 0.381 e. The smallest absolute Gasteiger partial charge is 0.0528 e. The van der Waals surface area contributed by atoms with Gasteiger partial charge in [-0.3, -0.25) is 0 Å². The van der Waals surface area contributed by atoms with Crippen molar-refractivity contribution in [3.05, 3.63) is 12.2 Å². The second-order valence-electron chi connectivity index (χ2n) is 3.61. The van der Waals surface area contributed by atoms with Crippen LogP contribution in [0, 0.1) is 5.92 Å². The van der Waals surface area contributed by atoms with Crippen molar-refractivity contribution in [1.29, 1.82) is 0 Å². The molecule has 1 atom stereocenters. The van der Waals surface area contributed by atoms with Crippen molar-refractivity contribution in [3.8, 4) is 0 Å². The molecule has 0 bridgehead atoms. The second-order valence-corrected chi connectivity index (χ2v) is 3.61. The lowest BCUT2D eigenvalue weighted by Gasteiger charge is -2.18. The van der Waals surface area contributed by atoms with Crippen molar-refractivity contribution >= 4 is 0 Å². The Bertz CT molecular complexity index is 139. The monoisotopic (exact) mass is 183 g/mol. The Kier molecular flexibility index (Phi) is 5.87. The summed E-state index contributed by atoms with van der Waals surface area (Å²) in [5, 5.41) is 3.35. The average Bonchev–Trinajstić information content (AvgIpc) is 2.19. The molecule has 1 N–H and O–H groups in total. The van der Waals surface area contributed by atoms with E-state index in [1.54, 1.807) is 0 Å². The number of hydrogen-bond acceptors (Lipinski definition) is 2. The van der Waals surface area contributed by atoms with Crippen molar-refractivity contribution < 1.29 is 4.74 Å². The summed E-state index contributed by atoms with van der Waals surface area (Å²) < 4.78 is 5.39. The molecule has 1 heterocycles. The Hall–Kier alpha value is -0.340. The highest BCUT2D eigenvalue weighted by Crippen LogP contribution is 2.14. The van der Waals surface area contributed by atoms with E-state index in [2.05, 4.69) is 24.4 Å². The van der Waals surface area contributed by atoms with Crippen molar-refractivity contribution in [3.63, 3.8) is 0 Å². The van der Waals surface area contributed by atoms with Crippen molar-refractivity contribution in [2.24, 2.45) is 5.92 Å². The quantitative estimate of drug-likeness (QED) is 0.520. The van der Waals surface area contributed by atoms with Gasteiger partial charge in [0.1, 0.15) is 0 Å². The molecule has 13 heavy (non-hydrogen) atoms. The third-order valence-corrected chi connectivity index (χ3v) is 2.29. The van der Waals surface area contributed by atoms with E-state index in [9.17, 15) is 0 Å². The van der Waals surface area contributed by atoms with Crippen LogP contribution in [-0.4, -0.2) is 26.3 Å². The molecule has 2 heteroatoms. The Morgan fingerprint density at radius 2 is 2.46 bits per heavy atom. The molecule has 0 aliphatic carbocycles. The van der Waals surface area contributed by atoms with E-state index in [1.165, 1.54) is 19.3 Å². The van der Waals surface area contributed by atoms with Gasteiger partial charge in [-0.15, -0.1) is 0 Å². The van der Waals surface area contributed by atoms with Gasteiger partial charge in [-0.25, -0.2) is 0 Å². The molecule has 76 valence electrons. The van der Waals surface area contributed by atoms with E-state index in [4.69, 9.17) is 4.74 Å². The molecule has 0 saturated carbocycles. The van der Waals surface area contributed by atoms with Crippen molar-refractivity contribution in [2.75, 3.05) is 26.3 Å². The average molecular weight is 183 g/mol. The number of nitrogens with one attached hydrogen (secondary N) is 1. The first kappa shape index (κ1) is 10.7. The summed E-state index contributed by atoms with van der Waals surface area (Å²) in [5.41, 5.74) is 0. The summed E-state index contributed by atoms with van der Waals surface area (Å²) in [4.78, 5) is 0. The van der Waals surface area contributed by atoms with Crippen LogP contribution < -0.4 is 5.32 Å². The maximum atomic E-state index is 5.39. The molecule has 1 aliphatic heterocycles. The molecule has 1 fully saturated rings. The molecule has 0 radical (unpaired) electrons. The van der Waals surface area contributed by atoms with E-state index in [-0.39, 0.29) is 0 Å². The summed E-state index contributed by atoms with van der Waals surface area (Å²) in [6.07, 6.45) is 8.25. The van der Waals surface area contributed by atoms with Gasteiger partial charge in [-0.1, -0.05) is 19.1 Å². The van der Waals surface area contributed by atoms with E-state index >= 15 is 0 Å². The van der Waals surface area contributed by atoms with E-state index in [0.717, 1.165) is 26.3 Å². The minimum absolute atomic E-state index is 0.664. The molecule has 0 spiro atoms. The van der Waals surface area contributed by atoms with Crippen LogP contribution in [0.25, 0.3) is 0 Å². The Morgan fingerprint density at radius 3 is 3.15 bits per heavy atom. The zero-order valence-electron chi connectivity index (χ0n) is 8.59. The van der Waals surface area contributed by atoms with Gasteiger partial charge >= 0.3 is 0 Å². The highest BCUT2D eigenvalue weighted by molar-refractivity contribution is 4.90. The molecule has 0 aromatic heterocycles. The molecule has 0 aromatic rings. The maximum absolute atomic E-state index is 5.39. The fourth-order valence-corrected chi connectivity index (χ4v) is 1.54. The first-order chi connectivity index (χ1) is 6.43. The van der Waals surface area contributed by atoms with Crippen LogP contribution >= 0.6 is 0 Å². The van der Waals surface area contributed by atoms with Gasteiger partial charge in [0.15, 0.2) is 0 Å². The minimum Gasteiger partial charge on any atom is -0.381 e. The lowest BCUT2D eigenvalue weighted by atomic mass is 10.0. The summed E-state index contributed by atoms with van der Waals surface area (Å²) >= 11 is 0. The van der Waals surface area contributed by atoms with Crippen molar-refractivity contribution in [1.82, 2.24) is 5.32 Å². The Labute approximate surface area is 81.4 Å².